The van der Waals surface area contributed by atoms with Gasteiger partial charge in [-0.15, -0.1) is 0 Å². The molecule has 0 amide bonds. The summed E-state index contributed by atoms with van der Waals surface area (Å²) >= 11 is 0. The van der Waals surface area contributed by atoms with Crippen LogP contribution in [0.15, 0.2) is 34.6 Å². The summed E-state index contributed by atoms with van der Waals surface area (Å²) in [7, 11) is -9.10. The van der Waals surface area contributed by atoms with Crippen molar-refractivity contribution in [2.24, 2.45) is 0 Å². The molecule has 0 saturated heterocycles. The molecular weight excluding hydrogens is 302 g/mol. The Morgan fingerprint density at radius 3 is 1.83 bits per heavy atom. The summed E-state index contributed by atoms with van der Waals surface area (Å²) in [6, 6.07) is 2.77. The van der Waals surface area contributed by atoms with Crippen molar-refractivity contribution in [3.63, 3.8) is 0 Å². The predicted octanol–water partition coefficient (Wildman–Crippen LogP) is -0.474. The summed E-state index contributed by atoms with van der Waals surface area (Å²) in [5.41, 5.74) is 0.0369. The van der Waals surface area contributed by atoms with Crippen molar-refractivity contribution in [2.75, 3.05) is 0 Å². The number of rotatable bonds is 3. The first-order valence-electron chi connectivity index (χ1n) is 3.88. The van der Waals surface area contributed by atoms with Crippen molar-refractivity contribution in [1.29, 1.82) is 0 Å². The van der Waals surface area contributed by atoms with E-state index in [9.17, 15) is 16.8 Å². The second-order valence-corrected chi connectivity index (χ2v) is 5.67. The molecule has 18 heavy (non-hydrogen) atoms. The van der Waals surface area contributed by atoms with Crippen molar-refractivity contribution in [1.82, 2.24) is 0 Å². The van der Waals surface area contributed by atoms with Crippen LogP contribution in [0.3, 0.4) is 0 Å². The molecular formula is C8H10Na2O6S2. The van der Waals surface area contributed by atoms with E-state index in [2.05, 4.69) is 6.58 Å². The molecule has 1 aromatic rings. The zero-order valence-corrected chi connectivity index (χ0v) is 9.49. The fourth-order valence-corrected chi connectivity index (χ4v) is 2.37. The van der Waals surface area contributed by atoms with Crippen LogP contribution in [0.5, 0.6) is 0 Å². The molecule has 10 heteroatoms. The SMILES string of the molecule is C=Cc1ccc(S(=O)(=O)O)cc1S(=O)(=O)O.[NaH].[NaH]. The van der Waals surface area contributed by atoms with E-state index in [-0.39, 0.29) is 64.7 Å². The molecule has 1 aromatic carbocycles. The Hall–Kier alpha value is 0.780. The molecule has 0 fully saturated rings. The van der Waals surface area contributed by atoms with Gasteiger partial charge < -0.3 is 0 Å². The van der Waals surface area contributed by atoms with E-state index in [0.29, 0.717) is 6.07 Å². The van der Waals surface area contributed by atoms with Crippen LogP contribution < -0.4 is 0 Å². The van der Waals surface area contributed by atoms with E-state index in [1.54, 1.807) is 0 Å². The summed E-state index contributed by atoms with van der Waals surface area (Å²) in [6.45, 7) is 3.31. The van der Waals surface area contributed by atoms with Gasteiger partial charge in [0.25, 0.3) is 20.2 Å². The molecule has 0 aromatic heterocycles. The summed E-state index contributed by atoms with van der Waals surface area (Å²) < 4.78 is 60.9. The molecule has 0 spiro atoms. The van der Waals surface area contributed by atoms with Crippen LogP contribution in [-0.4, -0.2) is 85.1 Å². The number of benzene rings is 1. The van der Waals surface area contributed by atoms with Gasteiger partial charge in [0.15, 0.2) is 0 Å². The van der Waals surface area contributed by atoms with Crippen LogP contribution in [0.4, 0.5) is 0 Å². The van der Waals surface area contributed by atoms with Gasteiger partial charge in [-0.05, 0) is 17.7 Å². The van der Waals surface area contributed by atoms with Gasteiger partial charge in [-0.2, -0.15) is 16.8 Å². The maximum atomic E-state index is 10.9. The van der Waals surface area contributed by atoms with Gasteiger partial charge in [-0.1, -0.05) is 18.7 Å². The molecule has 0 unspecified atom stereocenters. The summed E-state index contributed by atoms with van der Waals surface area (Å²) in [6.07, 6.45) is 1.14. The normalized spacial score (nSPS) is 11.0. The average molecular weight is 312 g/mol. The third kappa shape index (κ3) is 5.41. The molecule has 0 radical (unpaired) electrons. The van der Waals surface area contributed by atoms with Crippen LogP contribution in [0, 0.1) is 0 Å². The summed E-state index contributed by atoms with van der Waals surface area (Å²) in [5.74, 6) is 0. The van der Waals surface area contributed by atoms with Crippen LogP contribution in [0.1, 0.15) is 5.56 Å². The standard InChI is InChI=1S/C8H8O6S2.2Na.2H/c1-2-6-3-4-7(15(9,10)11)5-8(6)16(12,13)14;;;;/h2-5H,1H2,(H,9,10,11)(H,12,13,14);;;;. The summed E-state index contributed by atoms with van der Waals surface area (Å²) in [5, 5.41) is 0. The maximum absolute atomic E-state index is 10.9. The topological polar surface area (TPSA) is 109 Å². The van der Waals surface area contributed by atoms with E-state index in [1.807, 2.05) is 0 Å². The van der Waals surface area contributed by atoms with E-state index in [4.69, 9.17) is 9.11 Å². The molecule has 0 atom stereocenters. The second kappa shape index (κ2) is 7.53. The Morgan fingerprint density at radius 2 is 1.50 bits per heavy atom. The van der Waals surface area contributed by atoms with Gasteiger partial charge >= 0.3 is 59.1 Å². The fourth-order valence-electron chi connectivity index (χ4n) is 1.07. The Morgan fingerprint density at radius 1 is 1.00 bits per heavy atom. The molecule has 1 rings (SSSR count). The quantitative estimate of drug-likeness (QED) is 0.577. The van der Waals surface area contributed by atoms with E-state index < -0.39 is 30.0 Å². The van der Waals surface area contributed by atoms with Crippen LogP contribution in [-0.2, 0) is 20.2 Å². The van der Waals surface area contributed by atoms with Gasteiger partial charge in [0.2, 0.25) is 0 Å². The van der Waals surface area contributed by atoms with Gasteiger partial charge in [-0.3, -0.25) is 9.11 Å². The average Bonchev–Trinajstić information content (AvgIpc) is 2.14. The van der Waals surface area contributed by atoms with Crippen molar-refractivity contribution < 1.29 is 25.9 Å². The number of hydrogen-bond donors (Lipinski definition) is 2. The first-order valence-corrected chi connectivity index (χ1v) is 6.76. The minimum atomic E-state index is -4.58. The third-order valence-corrected chi connectivity index (χ3v) is 3.54. The Kier molecular flexibility index (Phi) is 8.82. The van der Waals surface area contributed by atoms with E-state index in [1.165, 1.54) is 0 Å². The molecule has 0 saturated carbocycles. The van der Waals surface area contributed by atoms with E-state index in [0.717, 1.165) is 18.2 Å². The molecule has 2 N–H and O–H groups in total. The monoisotopic (exact) mass is 312 g/mol. The minimum absolute atomic E-state index is 0. The third-order valence-electron chi connectivity index (χ3n) is 1.78. The van der Waals surface area contributed by atoms with Gasteiger partial charge in [0.05, 0.1) is 4.90 Å². The summed E-state index contributed by atoms with van der Waals surface area (Å²) in [4.78, 5) is -1.25. The zero-order chi connectivity index (χ0) is 12.6. The van der Waals surface area contributed by atoms with Crippen molar-refractivity contribution >= 4 is 85.4 Å². The van der Waals surface area contributed by atoms with E-state index >= 15 is 0 Å². The predicted molar refractivity (Wildman–Crippen MR) is 70.5 cm³/mol. The second-order valence-electron chi connectivity index (χ2n) is 2.85. The van der Waals surface area contributed by atoms with Crippen molar-refractivity contribution in [2.45, 2.75) is 9.79 Å². The van der Waals surface area contributed by atoms with Crippen molar-refractivity contribution in [3.8, 4) is 0 Å². The molecule has 6 nitrogen and oxygen atoms in total. The van der Waals surface area contributed by atoms with Gasteiger partial charge in [-0.25, -0.2) is 0 Å². The Balaban J connectivity index is 0. The van der Waals surface area contributed by atoms with Gasteiger partial charge in [0.1, 0.15) is 4.90 Å². The first kappa shape index (κ1) is 21.1. The molecule has 0 aliphatic rings. The van der Waals surface area contributed by atoms with Gasteiger partial charge in [0, 0.05) is 0 Å². The Labute approximate surface area is 150 Å². The molecule has 92 valence electrons. The van der Waals surface area contributed by atoms with Crippen LogP contribution in [0.2, 0.25) is 0 Å². The number of hydrogen-bond acceptors (Lipinski definition) is 4. The van der Waals surface area contributed by atoms with Crippen LogP contribution >= 0.6 is 0 Å². The Bertz CT molecular complexity index is 636. The van der Waals surface area contributed by atoms with Crippen LogP contribution in [0.25, 0.3) is 6.08 Å². The molecule has 0 aliphatic carbocycles. The first-order chi connectivity index (χ1) is 7.16. The zero-order valence-electron chi connectivity index (χ0n) is 7.86. The molecule has 0 aliphatic heterocycles. The molecule has 0 bridgehead atoms. The fraction of sp³-hybridized carbons (Fsp3) is 0. The molecule has 0 heterocycles. The van der Waals surface area contributed by atoms with Crippen molar-refractivity contribution in [3.05, 3.63) is 30.3 Å².